The summed E-state index contributed by atoms with van der Waals surface area (Å²) < 4.78 is 10.5. The van der Waals surface area contributed by atoms with Crippen LogP contribution in [0.1, 0.15) is 71.1 Å². The summed E-state index contributed by atoms with van der Waals surface area (Å²) in [5, 5.41) is 0. The molecule has 3 nitrogen and oxygen atoms in total. The van der Waals surface area contributed by atoms with Gasteiger partial charge in [0.15, 0.2) is 0 Å². The van der Waals surface area contributed by atoms with Crippen molar-refractivity contribution in [3.05, 3.63) is 12.2 Å². The number of unbranched alkanes of at least 4 members (excludes halogenated alkanes) is 3. The number of ether oxygens (including phenoxy) is 2. The highest BCUT2D eigenvalue weighted by Gasteiger charge is 2.08. The van der Waals surface area contributed by atoms with Crippen LogP contribution in [0.25, 0.3) is 0 Å². The molecule has 0 fully saturated rings. The van der Waals surface area contributed by atoms with Crippen LogP contribution in [0.4, 0.5) is 0 Å². The van der Waals surface area contributed by atoms with Gasteiger partial charge in [-0.05, 0) is 44.4 Å². The van der Waals surface area contributed by atoms with Crippen molar-refractivity contribution < 1.29 is 14.3 Å². The second kappa shape index (κ2) is 12.9. The Balaban J connectivity index is 1.84. The molecule has 0 aromatic carbocycles. The van der Waals surface area contributed by atoms with E-state index in [4.69, 9.17) is 9.47 Å². The van der Waals surface area contributed by atoms with Crippen molar-refractivity contribution in [3.63, 3.8) is 0 Å². The largest absolute Gasteiger partial charge is 0.463 e. The predicted molar refractivity (Wildman–Crippen MR) is 86.3 cm³/mol. The molecule has 0 spiro atoms. The van der Waals surface area contributed by atoms with Crippen LogP contribution in [0, 0.1) is 5.92 Å². The van der Waals surface area contributed by atoms with Gasteiger partial charge in [-0.2, -0.15) is 0 Å². The minimum Gasteiger partial charge on any atom is -0.463 e. The van der Waals surface area contributed by atoms with Crippen molar-refractivity contribution >= 4 is 5.97 Å². The third-order valence-electron chi connectivity index (χ3n) is 3.94. The third kappa shape index (κ3) is 10.5. The van der Waals surface area contributed by atoms with E-state index >= 15 is 0 Å². The molecule has 1 rings (SSSR count). The summed E-state index contributed by atoms with van der Waals surface area (Å²) in [6.45, 7) is 3.83. The Morgan fingerprint density at radius 1 is 1.14 bits per heavy atom. The average Bonchev–Trinajstić information content (AvgIpc) is 2.51. The molecule has 0 aliphatic heterocycles. The van der Waals surface area contributed by atoms with Gasteiger partial charge in [0.25, 0.3) is 0 Å². The van der Waals surface area contributed by atoms with Crippen molar-refractivity contribution in [2.75, 3.05) is 19.8 Å². The highest BCUT2D eigenvalue weighted by molar-refractivity contribution is 5.69. The number of carbonyl (C=O) groups excluding carboxylic acids is 1. The van der Waals surface area contributed by atoms with Gasteiger partial charge >= 0.3 is 5.97 Å². The Labute approximate surface area is 130 Å². The topological polar surface area (TPSA) is 35.5 Å². The van der Waals surface area contributed by atoms with Crippen LogP contribution in [0.5, 0.6) is 0 Å². The Hall–Kier alpha value is -0.830. The van der Waals surface area contributed by atoms with Crippen LogP contribution in [0.2, 0.25) is 0 Å². The molecule has 3 heteroatoms. The van der Waals surface area contributed by atoms with Gasteiger partial charge in [-0.1, -0.05) is 38.3 Å². The predicted octanol–water partition coefficient (Wildman–Crippen LogP) is 4.65. The fourth-order valence-electron chi connectivity index (χ4n) is 2.61. The summed E-state index contributed by atoms with van der Waals surface area (Å²) in [6.07, 6.45) is 16.0. The zero-order valence-electron chi connectivity index (χ0n) is 13.6. The summed E-state index contributed by atoms with van der Waals surface area (Å²) in [4.78, 5) is 11.5. The Bertz CT molecular complexity index is 286. The van der Waals surface area contributed by atoms with Gasteiger partial charge in [0.1, 0.15) is 6.61 Å². The van der Waals surface area contributed by atoms with Crippen molar-refractivity contribution in [2.45, 2.75) is 71.1 Å². The smallest absolute Gasteiger partial charge is 0.305 e. The second-order valence-corrected chi connectivity index (χ2v) is 5.90. The lowest BCUT2D eigenvalue weighted by atomic mass is 9.91. The molecule has 0 aromatic rings. The van der Waals surface area contributed by atoms with E-state index < -0.39 is 0 Å². The summed E-state index contributed by atoms with van der Waals surface area (Å²) in [7, 11) is 0. The van der Waals surface area contributed by atoms with Gasteiger partial charge in [0, 0.05) is 13.0 Å². The van der Waals surface area contributed by atoms with E-state index in [1.807, 2.05) is 0 Å². The molecule has 0 saturated carbocycles. The van der Waals surface area contributed by atoms with Crippen LogP contribution >= 0.6 is 0 Å². The van der Waals surface area contributed by atoms with Gasteiger partial charge in [0.2, 0.25) is 0 Å². The van der Waals surface area contributed by atoms with Crippen molar-refractivity contribution in [3.8, 4) is 0 Å². The molecule has 0 aromatic heterocycles. The van der Waals surface area contributed by atoms with Crippen LogP contribution in [0.3, 0.4) is 0 Å². The van der Waals surface area contributed by atoms with E-state index in [-0.39, 0.29) is 5.97 Å². The highest BCUT2D eigenvalue weighted by Crippen LogP contribution is 2.22. The Kier molecular flexibility index (Phi) is 11.2. The quantitative estimate of drug-likeness (QED) is 0.299. The van der Waals surface area contributed by atoms with E-state index in [9.17, 15) is 4.79 Å². The maximum absolute atomic E-state index is 11.5. The highest BCUT2D eigenvalue weighted by atomic mass is 16.6. The molecule has 0 amide bonds. The van der Waals surface area contributed by atoms with Crippen LogP contribution in [-0.4, -0.2) is 25.8 Å². The van der Waals surface area contributed by atoms with E-state index in [0.717, 1.165) is 38.2 Å². The molecular formula is C18H32O3. The number of esters is 1. The van der Waals surface area contributed by atoms with Gasteiger partial charge < -0.3 is 9.47 Å². The first-order valence-corrected chi connectivity index (χ1v) is 8.73. The minimum absolute atomic E-state index is 0.0772. The molecule has 122 valence electrons. The Morgan fingerprint density at radius 2 is 2.05 bits per heavy atom. The number of rotatable bonds is 12. The molecule has 0 bridgehead atoms. The Morgan fingerprint density at radius 3 is 2.81 bits per heavy atom. The summed E-state index contributed by atoms with van der Waals surface area (Å²) in [5.41, 5.74) is 0. The molecule has 0 radical (unpaired) electrons. The lowest BCUT2D eigenvalue weighted by molar-refractivity contribution is -0.145. The molecule has 0 N–H and O–H groups in total. The van der Waals surface area contributed by atoms with Gasteiger partial charge in [-0.25, -0.2) is 0 Å². The maximum Gasteiger partial charge on any atom is 0.305 e. The van der Waals surface area contributed by atoms with Crippen molar-refractivity contribution in [1.29, 1.82) is 0 Å². The van der Waals surface area contributed by atoms with Crippen molar-refractivity contribution in [2.24, 2.45) is 5.92 Å². The lowest BCUT2D eigenvalue weighted by Gasteiger charge is -2.15. The van der Waals surface area contributed by atoms with E-state index in [0.29, 0.717) is 19.6 Å². The number of hydrogen-bond donors (Lipinski definition) is 0. The molecule has 0 unspecified atom stereocenters. The first kappa shape index (κ1) is 18.2. The molecule has 1 aliphatic rings. The monoisotopic (exact) mass is 296 g/mol. The summed E-state index contributed by atoms with van der Waals surface area (Å²) in [5.74, 6) is 0.706. The fraction of sp³-hybridized carbons (Fsp3) is 0.833. The van der Waals surface area contributed by atoms with Gasteiger partial charge in [-0.3, -0.25) is 4.79 Å². The first-order chi connectivity index (χ1) is 10.3. The summed E-state index contributed by atoms with van der Waals surface area (Å²) >= 11 is 0. The van der Waals surface area contributed by atoms with Crippen LogP contribution in [0.15, 0.2) is 12.2 Å². The van der Waals surface area contributed by atoms with Crippen molar-refractivity contribution in [1.82, 2.24) is 0 Å². The number of carbonyl (C=O) groups is 1. The number of allylic oxidation sites excluding steroid dienone is 2. The van der Waals surface area contributed by atoms with Crippen LogP contribution in [-0.2, 0) is 14.3 Å². The minimum atomic E-state index is -0.0772. The van der Waals surface area contributed by atoms with E-state index in [1.165, 1.54) is 32.1 Å². The molecule has 1 aliphatic carbocycles. The van der Waals surface area contributed by atoms with Gasteiger partial charge in [0.05, 0.1) is 6.61 Å². The lowest BCUT2D eigenvalue weighted by Crippen LogP contribution is -2.10. The van der Waals surface area contributed by atoms with Crippen LogP contribution < -0.4 is 0 Å². The summed E-state index contributed by atoms with van der Waals surface area (Å²) in [6, 6.07) is 0. The normalized spacial score (nSPS) is 17.9. The first-order valence-electron chi connectivity index (χ1n) is 8.73. The van der Waals surface area contributed by atoms with Gasteiger partial charge in [-0.15, -0.1) is 0 Å². The molecule has 21 heavy (non-hydrogen) atoms. The molecule has 1 atom stereocenters. The second-order valence-electron chi connectivity index (χ2n) is 5.90. The standard InChI is InChI=1S/C18H32O3/c1-2-3-14-20-15-16-21-18(19)13-9-5-8-12-17-10-6-4-7-11-17/h6,10,17H,2-5,7-9,11-16H2,1H3/t17-/m0/s1. The molecule has 0 heterocycles. The molecule has 0 saturated heterocycles. The maximum atomic E-state index is 11.5. The average molecular weight is 296 g/mol. The number of hydrogen-bond acceptors (Lipinski definition) is 3. The zero-order chi connectivity index (χ0) is 15.2. The fourth-order valence-corrected chi connectivity index (χ4v) is 2.61. The SMILES string of the molecule is CCCCOCCOC(=O)CCCCC[C@H]1C=CCCC1. The van der Waals surface area contributed by atoms with E-state index in [1.54, 1.807) is 0 Å². The third-order valence-corrected chi connectivity index (χ3v) is 3.94. The zero-order valence-corrected chi connectivity index (χ0v) is 13.6. The van der Waals surface area contributed by atoms with E-state index in [2.05, 4.69) is 19.1 Å². The molecular weight excluding hydrogens is 264 g/mol.